The third kappa shape index (κ3) is 3.87. The van der Waals surface area contributed by atoms with Gasteiger partial charge in [-0.3, -0.25) is 10.1 Å². The second kappa shape index (κ2) is 7.61. The second-order valence-corrected chi connectivity index (χ2v) is 6.56. The van der Waals surface area contributed by atoms with E-state index in [4.69, 9.17) is 11.6 Å². The van der Waals surface area contributed by atoms with Crippen molar-refractivity contribution in [3.8, 4) is 11.4 Å². The van der Waals surface area contributed by atoms with Gasteiger partial charge in [0.2, 0.25) is 0 Å². The summed E-state index contributed by atoms with van der Waals surface area (Å²) in [5, 5.41) is 16.4. The zero-order chi connectivity index (χ0) is 20.4. The number of rotatable bonds is 4. The maximum Gasteiger partial charge on any atom is 0.323 e. The molecule has 3 aromatic carbocycles. The quantitative estimate of drug-likeness (QED) is 0.309. The molecule has 0 aliphatic rings. The molecule has 4 aromatic rings. The average molecular weight is 408 g/mol. The number of nitrogens with zero attached hydrogens (tertiary/aromatic N) is 2. The Morgan fingerprint density at radius 3 is 2.52 bits per heavy atom. The Labute approximate surface area is 169 Å². The Morgan fingerprint density at radius 2 is 1.72 bits per heavy atom. The lowest BCUT2D eigenvalue weighted by Crippen LogP contribution is -2.20. The molecule has 4 rings (SSSR count). The molecule has 0 fully saturated rings. The van der Waals surface area contributed by atoms with Gasteiger partial charge in [0, 0.05) is 17.7 Å². The zero-order valence-electron chi connectivity index (χ0n) is 14.8. The van der Waals surface area contributed by atoms with Crippen LogP contribution in [0.2, 0.25) is 5.02 Å². The summed E-state index contributed by atoms with van der Waals surface area (Å²) >= 11 is 6.04. The van der Waals surface area contributed by atoms with E-state index in [1.54, 1.807) is 12.1 Å². The summed E-state index contributed by atoms with van der Waals surface area (Å²) in [7, 11) is 0. The molecule has 9 heteroatoms. The third-order valence-electron chi connectivity index (χ3n) is 4.23. The van der Waals surface area contributed by atoms with Crippen LogP contribution in [0.4, 0.5) is 21.9 Å². The molecule has 0 aliphatic heterocycles. The molecule has 1 aromatic heterocycles. The Bertz CT molecular complexity index is 1200. The Kier molecular flexibility index (Phi) is 4.84. The predicted octanol–water partition coefficient (Wildman–Crippen LogP) is 5.44. The Hall–Kier alpha value is -3.91. The zero-order valence-corrected chi connectivity index (χ0v) is 15.6. The van der Waals surface area contributed by atoms with Crippen molar-refractivity contribution < 1.29 is 9.72 Å². The molecule has 0 bridgehead atoms. The van der Waals surface area contributed by atoms with Crippen molar-refractivity contribution in [1.29, 1.82) is 0 Å². The largest absolute Gasteiger partial charge is 0.338 e. The van der Waals surface area contributed by atoms with Gasteiger partial charge in [-0.1, -0.05) is 35.9 Å². The molecule has 0 saturated heterocycles. The monoisotopic (exact) mass is 407 g/mol. The first kappa shape index (κ1) is 18.5. The van der Waals surface area contributed by atoms with Gasteiger partial charge in [0.25, 0.3) is 5.69 Å². The smallest absolute Gasteiger partial charge is 0.323 e. The van der Waals surface area contributed by atoms with E-state index in [9.17, 15) is 14.9 Å². The van der Waals surface area contributed by atoms with Crippen molar-refractivity contribution in [3.05, 3.63) is 81.9 Å². The first-order valence-electron chi connectivity index (χ1n) is 8.57. The molecule has 0 atom stereocenters. The van der Waals surface area contributed by atoms with Crippen LogP contribution in [0.5, 0.6) is 0 Å². The topological polar surface area (TPSA) is 113 Å². The summed E-state index contributed by atoms with van der Waals surface area (Å²) in [6.45, 7) is 0. The van der Waals surface area contributed by atoms with E-state index in [2.05, 4.69) is 20.6 Å². The minimum Gasteiger partial charge on any atom is -0.338 e. The molecule has 3 N–H and O–H groups in total. The number of nitro groups is 1. The van der Waals surface area contributed by atoms with Crippen LogP contribution < -0.4 is 10.6 Å². The lowest BCUT2D eigenvalue weighted by molar-refractivity contribution is -0.384. The molecule has 29 heavy (non-hydrogen) atoms. The number of hydrogen-bond acceptors (Lipinski definition) is 4. The Balaban J connectivity index is 1.60. The van der Waals surface area contributed by atoms with Gasteiger partial charge in [0.1, 0.15) is 5.82 Å². The number of imidazole rings is 1. The van der Waals surface area contributed by atoms with Crippen LogP contribution in [0.25, 0.3) is 22.4 Å². The predicted molar refractivity (Wildman–Crippen MR) is 112 cm³/mol. The highest BCUT2D eigenvalue weighted by atomic mass is 35.5. The molecule has 2 amide bonds. The highest BCUT2D eigenvalue weighted by molar-refractivity contribution is 6.34. The first-order valence-corrected chi connectivity index (χ1v) is 8.95. The van der Waals surface area contributed by atoms with Crippen LogP contribution in [-0.2, 0) is 0 Å². The van der Waals surface area contributed by atoms with Crippen LogP contribution in [0.3, 0.4) is 0 Å². The van der Waals surface area contributed by atoms with Gasteiger partial charge in [-0.25, -0.2) is 9.78 Å². The van der Waals surface area contributed by atoms with Crippen molar-refractivity contribution in [2.75, 3.05) is 10.6 Å². The normalized spacial score (nSPS) is 10.7. The number of non-ortho nitro benzene ring substituents is 1. The fourth-order valence-electron chi connectivity index (χ4n) is 2.88. The molecule has 8 nitrogen and oxygen atoms in total. The highest BCUT2D eigenvalue weighted by Crippen LogP contribution is 2.29. The molecule has 1 heterocycles. The molecule has 0 aliphatic carbocycles. The lowest BCUT2D eigenvalue weighted by atomic mass is 10.1. The van der Waals surface area contributed by atoms with E-state index in [1.807, 2.05) is 36.4 Å². The number of anilines is 2. The second-order valence-electron chi connectivity index (χ2n) is 6.15. The molecule has 0 saturated carbocycles. The number of carbonyl (C=O) groups excluding carboxylic acids is 1. The van der Waals surface area contributed by atoms with E-state index in [0.29, 0.717) is 17.1 Å². The molecule has 0 unspecified atom stereocenters. The van der Waals surface area contributed by atoms with Crippen molar-refractivity contribution in [2.45, 2.75) is 0 Å². The van der Waals surface area contributed by atoms with Crippen LogP contribution in [0.1, 0.15) is 0 Å². The first-order chi connectivity index (χ1) is 14.0. The summed E-state index contributed by atoms with van der Waals surface area (Å²) in [4.78, 5) is 30.7. The number of para-hydroxylation sites is 3. The van der Waals surface area contributed by atoms with Crippen molar-refractivity contribution in [2.24, 2.45) is 0 Å². The number of urea groups is 1. The number of H-pyrrole nitrogens is 1. The summed E-state index contributed by atoms with van der Waals surface area (Å²) in [6, 6.07) is 18.0. The van der Waals surface area contributed by atoms with Crippen LogP contribution >= 0.6 is 11.6 Å². The molecular formula is C20H14ClN5O3. The minimum absolute atomic E-state index is 0.139. The van der Waals surface area contributed by atoms with E-state index in [0.717, 1.165) is 11.0 Å². The van der Waals surface area contributed by atoms with Gasteiger partial charge >= 0.3 is 6.03 Å². The molecule has 144 valence electrons. The summed E-state index contributed by atoms with van der Waals surface area (Å²) in [5.74, 6) is 0.607. The van der Waals surface area contributed by atoms with Crippen molar-refractivity contribution in [3.63, 3.8) is 0 Å². The summed E-state index contributed by atoms with van der Waals surface area (Å²) in [5.41, 5.74) is 2.87. The molecule has 0 spiro atoms. The molecular weight excluding hydrogens is 394 g/mol. The number of hydrogen-bond donors (Lipinski definition) is 3. The third-order valence-corrected chi connectivity index (χ3v) is 4.56. The number of benzene rings is 3. The average Bonchev–Trinajstić information content (AvgIpc) is 3.14. The van der Waals surface area contributed by atoms with E-state index >= 15 is 0 Å². The number of nitrogens with one attached hydrogen (secondary N) is 3. The maximum atomic E-state index is 12.5. The van der Waals surface area contributed by atoms with E-state index in [-0.39, 0.29) is 16.4 Å². The van der Waals surface area contributed by atoms with Crippen LogP contribution in [0.15, 0.2) is 66.7 Å². The van der Waals surface area contributed by atoms with Gasteiger partial charge in [-0.05, 0) is 30.3 Å². The lowest BCUT2D eigenvalue weighted by Gasteiger charge is -2.11. The van der Waals surface area contributed by atoms with Gasteiger partial charge in [0.15, 0.2) is 0 Å². The fraction of sp³-hybridized carbons (Fsp3) is 0. The van der Waals surface area contributed by atoms with Crippen molar-refractivity contribution in [1.82, 2.24) is 9.97 Å². The molecule has 0 radical (unpaired) electrons. The number of halogens is 1. The standard InChI is InChI=1S/C20H14ClN5O3/c21-14-10-9-12(26(28)29)11-18(14)25-20(27)24-15-6-2-1-5-13(15)19-22-16-7-3-4-8-17(16)23-19/h1-11H,(H,22,23)(H2,24,25,27). The van der Waals surface area contributed by atoms with E-state index in [1.165, 1.54) is 18.2 Å². The summed E-state index contributed by atoms with van der Waals surface area (Å²) < 4.78 is 0. The SMILES string of the molecule is O=C(Nc1cc([N+](=O)[O-])ccc1Cl)Nc1ccccc1-c1nc2ccccc2[nH]1. The fourth-order valence-corrected chi connectivity index (χ4v) is 3.04. The number of fused-ring (bicyclic) bond motifs is 1. The van der Waals surface area contributed by atoms with Gasteiger partial charge < -0.3 is 15.6 Å². The van der Waals surface area contributed by atoms with Gasteiger partial charge in [-0.2, -0.15) is 0 Å². The van der Waals surface area contributed by atoms with Crippen LogP contribution in [-0.4, -0.2) is 20.9 Å². The summed E-state index contributed by atoms with van der Waals surface area (Å²) in [6.07, 6.45) is 0. The number of nitro benzene ring substituents is 1. The maximum absolute atomic E-state index is 12.5. The number of carbonyl (C=O) groups is 1. The Morgan fingerprint density at radius 1 is 1.00 bits per heavy atom. The van der Waals surface area contributed by atoms with Crippen molar-refractivity contribution >= 4 is 45.7 Å². The number of aromatic amines is 1. The van der Waals surface area contributed by atoms with Gasteiger partial charge in [-0.15, -0.1) is 0 Å². The highest BCUT2D eigenvalue weighted by Gasteiger charge is 2.15. The number of aromatic nitrogens is 2. The van der Waals surface area contributed by atoms with Gasteiger partial charge in [0.05, 0.1) is 32.4 Å². The van der Waals surface area contributed by atoms with E-state index < -0.39 is 11.0 Å². The van der Waals surface area contributed by atoms with Crippen LogP contribution in [0, 0.1) is 10.1 Å². The minimum atomic E-state index is -0.587. The number of amides is 2.